The highest BCUT2D eigenvalue weighted by Gasteiger charge is 2.19. The molecule has 0 aliphatic heterocycles. The number of ether oxygens (including phenoxy) is 2. The van der Waals surface area contributed by atoms with Crippen molar-refractivity contribution in [2.24, 2.45) is 0 Å². The molecule has 0 rings (SSSR count). The van der Waals surface area contributed by atoms with Gasteiger partial charge in [-0.3, -0.25) is 0 Å². The second-order valence-electron chi connectivity index (χ2n) is 3.13. The van der Waals surface area contributed by atoms with E-state index in [0.717, 1.165) is 12.8 Å². The van der Waals surface area contributed by atoms with Crippen molar-refractivity contribution in [3.8, 4) is 0 Å². The molecule has 0 aliphatic carbocycles. The van der Waals surface area contributed by atoms with Crippen LogP contribution in [0.5, 0.6) is 0 Å². The van der Waals surface area contributed by atoms with E-state index in [-0.39, 0.29) is 32.0 Å². The predicted octanol–water partition coefficient (Wildman–Crippen LogP) is 0.561. The lowest BCUT2D eigenvalue weighted by molar-refractivity contribution is -0.0986. The van der Waals surface area contributed by atoms with Crippen LogP contribution in [0.2, 0.25) is 0 Å². The zero-order valence-corrected chi connectivity index (χ0v) is 9.11. The maximum absolute atomic E-state index is 9.07. The summed E-state index contributed by atoms with van der Waals surface area (Å²) in [5.41, 5.74) is 0. The highest BCUT2D eigenvalue weighted by atomic mass is 16.5. The first-order valence-electron chi connectivity index (χ1n) is 5.25. The SMILES string of the molecule is CCCOC(CC)C(CO)OCCO. The maximum Gasteiger partial charge on any atom is 0.107 e. The quantitative estimate of drug-likeness (QED) is 0.579. The van der Waals surface area contributed by atoms with Gasteiger partial charge in [-0.2, -0.15) is 0 Å². The van der Waals surface area contributed by atoms with Crippen LogP contribution in [0, 0.1) is 0 Å². The molecule has 0 saturated carbocycles. The van der Waals surface area contributed by atoms with Crippen molar-refractivity contribution in [2.45, 2.75) is 38.9 Å². The van der Waals surface area contributed by atoms with Crippen LogP contribution < -0.4 is 0 Å². The van der Waals surface area contributed by atoms with Gasteiger partial charge < -0.3 is 19.7 Å². The van der Waals surface area contributed by atoms with Crippen molar-refractivity contribution in [1.29, 1.82) is 0 Å². The lowest BCUT2D eigenvalue weighted by Gasteiger charge is -2.24. The van der Waals surface area contributed by atoms with Gasteiger partial charge in [0.15, 0.2) is 0 Å². The minimum Gasteiger partial charge on any atom is -0.394 e. The fourth-order valence-corrected chi connectivity index (χ4v) is 1.24. The van der Waals surface area contributed by atoms with E-state index >= 15 is 0 Å². The van der Waals surface area contributed by atoms with E-state index in [0.29, 0.717) is 6.61 Å². The Balaban J connectivity index is 3.87. The van der Waals surface area contributed by atoms with Gasteiger partial charge in [0.25, 0.3) is 0 Å². The maximum atomic E-state index is 9.07. The van der Waals surface area contributed by atoms with Gasteiger partial charge in [-0.05, 0) is 12.8 Å². The van der Waals surface area contributed by atoms with Crippen molar-refractivity contribution in [2.75, 3.05) is 26.4 Å². The van der Waals surface area contributed by atoms with Gasteiger partial charge in [-0.15, -0.1) is 0 Å². The molecule has 0 heterocycles. The summed E-state index contributed by atoms with van der Waals surface area (Å²) in [5.74, 6) is 0. The van der Waals surface area contributed by atoms with Crippen LogP contribution in [0.3, 0.4) is 0 Å². The van der Waals surface area contributed by atoms with E-state index in [1.807, 2.05) is 13.8 Å². The molecule has 0 fully saturated rings. The fourth-order valence-electron chi connectivity index (χ4n) is 1.24. The van der Waals surface area contributed by atoms with E-state index in [2.05, 4.69) is 0 Å². The summed E-state index contributed by atoms with van der Waals surface area (Å²) in [6, 6.07) is 0. The summed E-state index contributed by atoms with van der Waals surface area (Å²) in [7, 11) is 0. The third-order valence-electron chi connectivity index (χ3n) is 1.96. The van der Waals surface area contributed by atoms with Crippen molar-refractivity contribution >= 4 is 0 Å². The standard InChI is InChI=1S/C10H22O4/c1-3-6-13-9(4-2)10(8-12)14-7-5-11/h9-12H,3-8H2,1-2H3. The highest BCUT2D eigenvalue weighted by Crippen LogP contribution is 2.08. The lowest BCUT2D eigenvalue weighted by Crippen LogP contribution is -2.35. The van der Waals surface area contributed by atoms with E-state index in [1.165, 1.54) is 0 Å². The molecule has 0 aliphatic rings. The molecule has 0 bridgehead atoms. The van der Waals surface area contributed by atoms with Crippen molar-refractivity contribution in [3.05, 3.63) is 0 Å². The molecule has 2 atom stereocenters. The molecule has 0 spiro atoms. The molecule has 0 saturated heterocycles. The average molecular weight is 206 g/mol. The zero-order chi connectivity index (χ0) is 10.8. The number of aliphatic hydroxyl groups is 2. The molecule has 0 aromatic heterocycles. The Hall–Kier alpha value is -0.160. The van der Waals surface area contributed by atoms with E-state index in [1.54, 1.807) is 0 Å². The largest absolute Gasteiger partial charge is 0.394 e. The molecule has 2 unspecified atom stereocenters. The van der Waals surface area contributed by atoms with Crippen molar-refractivity contribution in [1.82, 2.24) is 0 Å². The van der Waals surface area contributed by atoms with E-state index in [9.17, 15) is 0 Å². The third kappa shape index (κ3) is 5.54. The first-order chi connectivity index (χ1) is 6.79. The van der Waals surface area contributed by atoms with Gasteiger partial charge in [0, 0.05) is 6.61 Å². The lowest BCUT2D eigenvalue weighted by atomic mass is 10.1. The molecule has 2 N–H and O–H groups in total. The fraction of sp³-hybridized carbons (Fsp3) is 1.00. The number of rotatable bonds is 9. The summed E-state index contributed by atoms with van der Waals surface area (Å²) in [6.45, 7) is 4.86. The Bertz CT molecular complexity index is 105. The molecular formula is C10H22O4. The van der Waals surface area contributed by atoms with Gasteiger partial charge in [-0.1, -0.05) is 13.8 Å². The van der Waals surface area contributed by atoms with Gasteiger partial charge >= 0.3 is 0 Å². The number of hydrogen-bond donors (Lipinski definition) is 2. The first-order valence-corrected chi connectivity index (χ1v) is 5.25. The highest BCUT2D eigenvalue weighted by molar-refractivity contribution is 4.68. The van der Waals surface area contributed by atoms with Crippen LogP contribution in [0.15, 0.2) is 0 Å². The van der Waals surface area contributed by atoms with Gasteiger partial charge in [-0.25, -0.2) is 0 Å². The normalized spacial score (nSPS) is 15.4. The Morgan fingerprint density at radius 1 is 1.00 bits per heavy atom. The van der Waals surface area contributed by atoms with Crippen LogP contribution >= 0.6 is 0 Å². The Morgan fingerprint density at radius 3 is 2.07 bits per heavy atom. The summed E-state index contributed by atoms with van der Waals surface area (Å²) in [5, 5.41) is 17.7. The molecule has 14 heavy (non-hydrogen) atoms. The molecule has 86 valence electrons. The summed E-state index contributed by atoms with van der Waals surface area (Å²) >= 11 is 0. The summed E-state index contributed by atoms with van der Waals surface area (Å²) in [4.78, 5) is 0. The second-order valence-corrected chi connectivity index (χ2v) is 3.13. The average Bonchev–Trinajstić information content (AvgIpc) is 2.23. The Labute approximate surface area is 85.8 Å². The van der Waals surface area contributed by atoms with Crippen LogP contribution in [-0.2, 0) is 9.47 Å². The number of hydrogen-bond acceptors (Lipinski definition) is 4. The molecule has 0 amide bonds. The molecule has 0 aromatic carbocycles. The predicted molar refractivity (Wildman–Crippen MR) is 54.2 cm³/mol. The van der Waals surface area contributed by atoms with Crippen LogP contribution in [0.1, 0.15) is 26.7 Å². The van der Waals surface area contributed by atoms with Crippen molar-refractivity contribution in [3.63, 3.8) is 0 Å². The monoisotopic (exact) mass is 206 g/mol. The minimum atomic E-state index is -0.321. The van der Waals surface area contributed by atoms with E-state index in [4.69, 9.17) is 19.7 Å². The number of aliphatic hydroxyl groups excluding tert-OH is 2. The second kappa shape index (κ2) is 9.40. The molecule has 4 heteroatoms. The minimum absolute atomic E-state index is 0.0271. The van der Waals surface area contributed by atoms with Crippen LogP contribution in [0.25, 0.3) is 0 Å². The summed E-state index contributed by atoms with van der Waals surface area (Å²) in [6.07, 6.45) is 1.36. The zero-order valence-electron chi connectivity index (χ0n) is 9.11. The third-order valence-corrected chi connectivity index (χ3v) is 1.96. The van der Waals surface area contributed by atoms with E-state index < -0.39 is 0 Å². The molecule has 0 radical (unpaired) electrons. The van der Waals surface area contributed by atoms with Crippen LogP contribution in [0.4, 0.5) is 0 Å². The van der Waals surface area contributed by atoms with Gasteiger partial charge in [0.05, 0.1) is 25.9 Å². The molecular weight excluding hydrogens is 184 g/mol. The van der Waals surface area contributed by atoms with Gasteiger partial charge in [0.1, 0.15) is 6.10 Å². The Kier molecular flexibility index (Phi) is 9.29. The smallest absolute Gasteiger partial charge is 0.107 e. The molecule has 0 aromatic rings. The van der Waals surface area contributed by atoms with Crippen molar-refractivity contribution < 1.29 is 19.7 Å². The molecule has 4 nitrogen and oxygen atoms in total. The summed E-state index contributed by atoms with van der Waals surface area (Å²) < 4.78 is 10.8. The Morgan fingerprint density at radius 2 is 1.64 bits per heavy atom. The van der Waals surface area contributed by atoms with Crippen LogP contribution in [-0.4, -0.2) is 48.8 Å². The first kappa shape index (κ1) is 13.8. The topological polar surface area (TPSA) is 58.9 Å². The van der Waals surface area contributed by atoms with Gasteiger partial charge in [0.2, 0.25) is 0 Å².